The molecule has 0 bridgehead atoms. The Morgan fingerprint density at radius 2 is 1.25 bits per heavy atom. The van der Waals surface area contributed by atoms with Crippen LogP contribution < -0.4 is 0 Å². The molecule has 2 N–H and O–H groups in total. The molecule has 3 aromatic rings. The highest BCUT2D eigenvalue weighted by Crippen LogP contribution is 2.23. The van der Waals surface area contributed by atoms with E-state index >= 15 is 0 Å². The number of hydrogen-bond acceptors (Lipinski definition) is 2. The third kappa shape index (κ3) is 5.17. The Bertz CT molecular complexity index is 730. The fourth-order valence-electron chi connectivity index (χ4n) is 2.37. The maximum Gasteiger partial charge on any atom is 0.116 e. The number of phenolic OH excluding ortho intramolecular Hbond substituents is 2. The lowest BCUT2D eigenvalue weighted by Gasteiger charge is -2.03. The maximum atomic E-state index is 9.34. The molecule has 2 heteroatoms. The molecule has 0 fully saturated rings. The predicted molar refractivity (Wildman–Crippen MR) is 100 cm³/mol. The van der Waals surface area contributed by atoms with Crippen molar-refractivity contribution in [3.8, 4) is 22.6 Å². The van der Waals surface area contributed by atoms with E-state index in [9.17, 15) is 5.11 Å². The molecule has 0 unspecified atom stereocenters. The van der Waals surface area contributed by atoms with Gasteiger partial charge in [0.1, 0.15) is 11.5 Å². The quantitative estimate of drug-likeness (QED) is 0.618. The summed E-state index contributed by atoms with van der Waals surface area (Å²) in [6.45, 7) is 6.32. The van der Waals surface area contributed by atoms with Crippen LogP contribution in [-0.4, -0.2) is 10.2 Å². The highest BCUT2D eigenvalue weighted by molar-refractivity contribution is 5.65. The zero-order valence-corrected chi connectivity index (χ0v) is 14.4. The van der Waals surface area contributed by atoms with E-state index in [1.807, 2.05) is 36.4 Å². The molecular weight excluding hydrogens is 296 g/mol. The molecule has 24 heavy (non-hydrogen) atoms. The molecule has 3 rings (SSSR count). The van der Waals surface area contributed by atoms with Crippen molar-refractivity contribution in [2.45, 2.75) is 26.7 Å². The van der Waals surface area contributed by atoms with Crippen LogP contribution in [0, 0.1) is 6.92 Å². The molecule has 3 aromatic carbocycles. The Morgan fingerprint density at radius 3 is 1.79 bits per heavy atom. The molecule has 2 nitrogen and oxygen atoms in total. The van der Waals surface area contributed by atoms with Crippen molar-refractivity contribution in [1.82, 2.24) is 0 Å². The molecule has 0 saturated carbocycles. The van der Waals surface area contributed by atoms with Gasteiger partial charge in [-0.25, -0.2) is 0 Å². The zero-order valence-electron chi connectivity index (χ0n) is 14.4. The summed E-state index contributed by atoms with van der Waals surface area (Å²) < 4.78 is 0. The minimum absolute atomic E-state index is 0.309. The number of aromatic hydroxyl groups is 2. The molecule has 0 amide bonds. The van der Waals surface area contributed by atoms with Crippen LogP contribution in [0.3, 0.4) is 0 Å². The van der Waals surface area contributed by atoms with Crippen LogP contribution in [0.1, 0.15) is 30.9 Å². The Labute approximate surface area is 144 Å². The van der Waals surface area contributed by atoms with E-state index < -0.39 is 0 Å². The van der Waals surface area contributed by atoms with Gasteiger partial charge in [-0.15, -0.1) is 0 Å². The van der Waals surface area contributed by atoms with E-state index in [-0.39, 0.29) is 0 Å². The van der Waals surface area contributed by atoms with Crippen molar-refractivity contribution < 1.29 is 10.2 Å². The Morgan fingerprint density at radius 1 is 0.667 bits per heavy atom. The van der Waals surface area contributed by atoms with Gasteiger partial charge in [-0.2, -0.15) is 0 Å². The maximum absolute atomic E-state index is 9.34. The highest BCUT2D eigenvalue weighted by Gasteiger charge is 1.98. The Hall–Kier alpha value is -2.74. The molecule has 0 heterocycles. The van der Waals surface area contributed by atoms with Gasteiger partial charge >= 0.3 is 0 Å². The summed E-state index contributed by atoms with van der Waals surface area (Å²) in [6.07, 6.45) is 0. The van der Waals surface area contributed by atoms with Crippen molar-refractivity contribution in [3.05, 3.63) is 83.9 Å². The summed E-state index contributed by atoms with van der Waals surface area (Å²) in [5.74, 6) is 1.19. The van der Waals surface area contributed by atoms with Crippen LogP contribution in [0.2, 0.25) is 0 Å². The zero-order chi connectivity index (χ0) is 17.5. The lowest BCUT2D eigenvalue weighted by Crippen LogP contribution is -1.84. The van der Waals surface area contributed by atoms with Gasteiger partial charge in [0.05, 0.1) is 0 Å². The highest BCUT2D eigenvalue weighted by atomic mass is 16.3. The first kappa shape index (κ1) is 17.6. The summed E-state index contributed by atoms with van der Waals surface area (Å²) in [6, 6.07) is 22.9. The van der Waals surface area contributed by atoms with Crippen molar-refractivity contribution in [2.75, 3.05) is 0 Å². The van der Waals surface area contributed by atoms with Crippen molar-refractivity contribution in [1.29, 1.82) is 0 Å². The first-order valence-electron chi connectivity index (χ1n) is 8.10. The van der Waals surface area contributed by atoms with Crippen LogP contribution in [-0.2, 0) is 0 Å². The van der Waals surface area contributed by atoms with Gasteiger partial charge in [-0.1, -0.05) is 67.9 Å². The molecule has 0 aliphatic heterocycles. The van der Waals surface area contributed by atoms with E-state index in [2.05, 4.69) is 32.9 Å². The van der Waals surface area contributed by atoms with Crippen LogP contribution in [0.5, 0.6) is 11.5 Å². The van der Waals surface area contributed by atoms with E-state index in [4.69, 9.17) is 5.11 Å². The van der Waals surface area contributed by atoms with E-state index in [0.717, 1.165) is 11.1 Å². The number of phenols is 2. The SMILES string of the molecule is CC(C)c1ccc(O)cc1.Cc1cccc(-c2cccc(O)c2)c1. The molecule has 0 atom stereocenters. The van der Waals surface area contributed by atoms with Gasteiger partial charge in [-0.3, -0.25) is 0 Å². The van der Waals surface area contributed by atoms with Gasteiger partial charge < -0.3 is 10.2 Å². The van der Waals surface area contributed by atoms with Gasteiger partial charge in [0, 0.05) is 0 Å². The Balaban J connectivity index is 0.000000185. The Kier molecular flexibility index (Phi) is 6.02. The van der Waals surface area contributed by atoms with E-state index in [0.29, 0.717) is 17.4 Å². The van der Waals surface area contributed by atoms with Crippen molar-refractivity contribution in [2.24, 2.45) is 0 Å². The van der Waals surface area contributed by atoms with Crippen LogP contribution in [0.25, 0.3) is 11.1 Å². The molecule has 124 valence electrons. The van der Waals surface area contributed by atoms with Crippen LogP contribution >= 0.6 is 0 Å². The average Bonchev–Trinajstić information content (AvgIpc) is 2.56. The fourth-order valence-corrected chi connectivity index (χ4v) is 2.37. The standard InChI is InChI=1S/C13H12O.C9H12O/c1-10-4-2-5-11(8-10)12-6-3-7-13(14)9-12;1-7(2)8-3-5-9(10)6-4-8/h2-9,14H,1H3;3-7,10H,1-2H3. The molecule has 0 aliphatic carbocycles. The second-order valence-corrected chi connectivity index (χ2v) is 6.17. The predicted octanol–water partition coefficient (Wildman–Crippen LogP) is 5.88. The average molecular weight is 320 g/mol. The number of rotatable bonds is 2. The van der Waals surface area contributed by atoms with Gasteiger partial charge in [0.15, 0.2) is 0 Å². The normalized spacial score (nSPS) is 10.2. The molecular formula is C22H24O2. The fraction of sp³-hybridized carbons (Fsp3) is 0.182. The minimum Gasteiger partial charge on any atom is -0.508 e. The second kappa shape index (κ2) is 8.21. The van der Waals surface area contributed by atoms with Gasteiger partial charge in [0.25, 0.3) is 0 Å². The summed E-state index contributed by atoms with van der Waals surface area (Å²) in [5, 5.41) is 18.3. The monoisotopic (exact) mass is 320 g/mol. The number of hydrogen-bond donors (Lipinski definition) is 2. The smallest absolute Gasteiger partial charge is 0.116 e. The van der Waals surface area contributed by atoms with Gasteiger partial charge in [0.2, 0.25) is 0 Å². The van der Waals surface area contributed by atoms with Crippen LogP contribution in [0.4, 0.5) is 0 Å². The summed E-state index contributed by atoms with van der Waals surface area (Å²) >= 11 is 0. The summed E-state index contributed by atoms with van der Waals surface area (Å²) in [5.41, 5.74) is 4.68. The molecule has 0 aliphatic rings. The number of benzene rings is 3. The second-order valence-electron chi connectivity index (χ2n) is 6.17. The summed E-state index contributed by atoms with van der Waals surface area (Å²) in [4.78, 5) is 0. The summed E-state index contributed by atoms with van der Waals surface area (Å²) in [7, 11) is 0. The topological polar surface area (TPSA) is 40.5 Å². The first-order chi connectivity index (χ1) is 11.5. The largest absolute Gasteiger partial charge is 0.508 e. The molecule has 0 radical (unpaired) electrons. The minimum atomic E-state index is 0.309. The van der Waals surface area contributed by atoms with Crippen molar-refractivity contribution in [3.63, 3.8) is 0 Å². The lowest BCUT2D eigenvalue weighted by atomic mass is 10.0. The van der Waals surface area contributed by atoms with Crippen molar-refractivity contribution >= 4 is 0 Å². The number of aryl methyl sites for hydroxylation is 1. The van der Waals surface area contributed by atoms with Gasteiger partial charge in [-0.05, 0) is 53.8 Å². The third-order valence-corrected chi connectivity index (χ3v) is 3.76. The molecule has 0 saturated heterocycles. The molecule has 0 aromatic heterocycles. The van der Waals surface area contributed by atoms with E-state index in [1.165, 1.54) is 11.1 Å². The molecule has 0 spiro atoms. The van der Waals surface area contributed by atoms with E-state index in [1.54, 1.807) is 24.3 Å². The first-order valence-corrected chi connectivity index (χ1v) is 8.10. The van der Waals surface area contributed by atoms with Crippen LogP contribution in [0.15, 0.2) is 72.8 Å². The third-order valence-electron chi connectivity index (χ3n) is 3.76. The lowest BCUT2D eigenvalue weighted by molar-refractivity contribution is 0.474.